The van der Waals surface area contributed by atoms with Crippen molar-refractivity contribution in [2.24, 2.45) is 0 Å². The molecule has 0 spiro atoms. The van der Waals surface area contributed by atoms with Gasteiger partial charge in [-0.05, 0) is 47.5 Å². The van der Waals surface area contributed by atoms with Crippen molar-refractivity contribution in [3.63, 3.8) is 0 Å². The Morgan fingerprint density at radius 2 is 1.71 bits per heavy atom. The van der Waals surface area contributed by atoms with E-state index in [-0.39, 0.29) is 12.3 Å². The van der Waals surface area contributed by atoms with E-state index in [0.29, 0.717) is 16.8 Å². The molecule has 0 radical (unpaired) electrons. The Hall–Kier alpha value is -3.64. The third-order valence-electron chi connectivity index (χ3n) is 4.74. The van der Waals surface area contributed by atoms with Gasteiger partial charge in [-0.15, -0.1) is 10.2 Å². The number of ether oxygens (including phenoxy) is 1. The van der Waals surface area contributed by atoms with Gasteiger partial charge in [-0.25, -0.2) is 0 Å². The first kappa shape index (κ1) is 20.6. The summed E-state index contributed by atoms with van der Waals surface area (Å²) < 4.78 is 11.1. The Labute approximate surface area is 184 Å². The highest BCUT2D eigenvalue weighted by Gasteiger charge is 2.23. The number of aromatic nitrogens is 2. The predicted molar refractivity (Wildman–Crippen MR) is 118 cm³/mol. The van der Waals surface area contributed by atoms with Crippen molar-refractivity contribution < 1.29 is 13.9 Å². The molecule has 0 fully saturated rings. The van der Waals surface area contributed by atoms with Crippen molar-refractivity contribution in [2.75, 3.05) is 7.11 Å². The summed E-state index contributed by atoms with van der Waals surface area (Å²) in [5.41, 5.74) is 2.46. The monoisotopic (exact) mass is 433 g/mol. The van der Waals surface area contributed by atoms with Gasteiger partial charge in [0.15, 0.2) is 0 Å². The van der Waals surface area contributed by atoms with Gasteiger partial charge in [0.1, 0.15) is 11.8 Å². The lowest BCUT2D eigenvalue weighted by atomic mass is 10.1. The molecule has 1 atom stereocenters. The van der Waals surface area contributed by atoms with E-state index in [1.165, 1.54) is 0 Å². The normalized spacial score (nSPS) is 11.7. The maximum atomic E-state index is 12.8. The van der Waals surface area contributed by atoms with E-state index in [1.54, 1.807) is 19.2 Å². The second-order valence-electron chi connectivity index (χ2n) is 6.89. The summed E-state index contributed by atoms with van der Waals surface area (Å²) in [4.78, 5) is 12.8. The van der Waals surface area contributed by atoms with Crippen LogP contribution in [0.25, 0.3) is 11.5 Å². The third-order valence-corrected chi connectivity index (χ3v) is 4.99. The molecule has 1 heterocycles. The van der Waals surface area contributed by atoms with Crippen LogP contribution in [-0.2, 0) is 11.2 Å². The van der Waals surface area contributed by atoms with Crippen LogP contribution in [0, 0.1) is 0 Å². The van der Waals surface area contributed by atoms with Gasteiger partial charge in [0.05, 0.1) is 13.5 Å². The molecule has 3 aromatic carbocycles. The number of amides is 1. The van der Waals surface area contributed by atoms with E-state index in [1.807, 2.05) is 66.7 Å². The van der Waals surface area contributed by atoms with Crippen LogP contribution in [0.4, 0.5) is 0 Å². The first-order valence-electron chi connectivity index (χ1n) is 9.69. The smallest absolute Gasteiger partial charge is 0.247 e. The number of carbonyl (C=O) groups is 1. The maximum Gasteiger partial charge on any atom is 0.247 e. The lowest BCUT2D eigenvalue weighted by Crippen LogP contribution is -2.30. The average Bonchev–Trinajstić information content (AvgIpc) is 3.29. The number of benzene rings is 3. The van der Waals surface area contributed by atoms with Crippen molar-refractivity contribution in [3.05, 3.63) is 101 Å². The van der Waals surface area contributed by atoms with Crippen LogP contribution >= 0.6 is 11.6 Å². The number of rotatable bonds is 7. The lowest BCUT2D eigenvalue weighted by Gasteiger charge is -2.16. The minimum absolute atomic E-state index is 0.176. The predicted octanol–water partition coefficient (Wildman–Crippen LogP) is 4.85. The molecule has 1 N–H and O–H groups in total. The fourth-order valence-electron chi connectivity index (χ4n) is 3.13. The number of hydrogen-bond acceptors (Lipinski definition) is 5. The summed E-state index contributed by atoms with van der Waals surface area (Å²) >= 11 is 6.04. The van der Waals surface area contributed by atoms with E-state index < -0.39 is 6.04 Å². The van der Waals surface area contributed by atoms with Crippen LogP contribution < -0.4 is 10.1 Å². The minimum Gasteiger partial charge on any atom is -0.497 e. The van der Waals surface area contributed by atoms with Gasteiger partial charge in [0, 0.05) is 10.6 Å². The van der Waals surface area contributed by atoms with Crippen molar-refractivity contribution in [3.8, 4) is 17.2 Å². The van der Waals surface area contributed by atoms with Gasteiger partial charge in [0.25, 0.3) is 0 Å². The molecule has 4 rings (SSSR count). The zero-order valence-electron chi connectivity index (χ0n) is 16.8. The Kier molecular flexibility index (Phi) is 6.29. The number of halogens is 1. The molecule has 156 valence electrons. The van der Waals surface area contributed by atoms with Gasteiger partial charge < -0.3 is 14.5 Å². The number of nitrogens with one attached hydrogen (secondary N) is 1. The number of nitrogens with zero attached hydrogens (tertiary/aromatic N) is 2. The largest absolute Gasteiger partial charge is 0.497 e. The summed E-state index contributed by atoms with van der Waals surface area (Å²) in [6, 6.07) is 23.4. The van der Waals surface area contributed by atoms with Crippen LogP contribution in [0.5, 0.6) is 5.75 Å². The van der Waals surface area contributed by atoms with Crippen molar-refractivity contribution in [1.29, 1.82) is 0 Å². The van der Waals surface area contributed by atoms with Crippen LogP contribution in [0.1, 0.15) is 23.1 Å². The molecule has 4 aromatic rings. The van der Waals surface area contributed by atoms with E-state index in [9.17, 15) is 4.79 Å². The van der Waals surface area contributed by atoms with E-state index in [0.717, 1.165) is 22.4 Å². The molecule has 0 aliphatic carbocycles. The Morgan fingerprint density at radius 1 is 1.00 bits per heavy atom. The molecule has 31 heavy (non-hydrogen) atoms. The quantitative estimate of drug-likeness (QED) is 0.451. The molecule has 1 amide bonds. The molecular formula is C24H20ClN3O3. The standard InChI is InChI=1S/C24H20ClN3O3/c1-30-20-13-7-16(8-14-20)15-21(29)26-22(17-9-11-19(25)12-10-17)24-28-27-23(31-24)18-5-3-2-4-6-18/h2-14,22H,15H2,1H3,(H,26,29)/t22-/m0/s1. The first-order chi connectivity index (χ1) is 15.1. The Morgan fingerprint density at radius 3 is 2.39 bits per heavy atom. The maximum absolute atomic E-state index is 12.8. The molecule has 7 heteroatoms. The highest BCUT2D eigenvalue weighted by molar-refractivity contribution is 6.30. The van der Waals surface area contributed by atoms with E-state index in [4.69, 9.17) is 20.8 Å². The van der Waals surface area contributed by atoms with Gasteiger partial charge >= 0.3 is 0 Å². The molecular weight excluding hydrogens is 414 g/mol. The first-order valence-corrected chi connectivity index (χ1v) is 10.1. The van der Waals surface area contributed by atoms with Crippen molar-refractivity contribution in [2.45, 2.75) is 12.5 Å². The second-order valence-corrected chi connectivity index (χ2v) is 7.32. The lowest BCUT2D eigenvalue weighted by molar-refractivity contribution is -0.121. The number of carbonyl (C=O) groups excluding carboxylic acids is 1. The molecule has 0 unspecified atom stereocenters. The summed E-state index contributed by atoms with van der Waals surface area (Å²) in [6.45, 7) is 0. The van der Waals surface area contributed by atoms with Crippen molar-refractivity contribution in [1.82, 2.24) is 15.5 Å². The van der Waals surface area contributed by atoms with E-state index >= 15 is 0 Å². The second kappa shape index (κ2) is 9.45. The fourth-order valence-corrected chi connectivity index (χ4v) is 3.26. The molecule has 0 saturated heterocycles. The topological polar surface area (TPSA) is 77.2 Å². The minimum atomic E-state index is -0.604. The van der Waals surface area contributed by atoms with E-state index in [2.05, 4.69) is 15.5 Å². The third kappa shape index (κ3) is 5.10. The summed E-state index contributed by atoms with van der Waals surface area (Å²) in [7, 11) is 1.60. The molecule has 0 saturated carbocycles. The fraction of sp³-hybridized carbons (Fsp3) is 0.125. The van der Waals surface area contributed by atoms with Crippen LogP contribution in [-0.4, -0.2) is 23.2 Å². The average molecular weight is 434 g/mol. The van der Waals surface area contributed by atoms with Crippen LogP contribution in [0.3, 0.4) is 0 Å². The molecule has 0 aliphatic heterocycles. The Bertz CT molecular complexity index is 1140. The number of methoxy groups -OCH3 is 1. The molecule has 6 nitrogen and oxygen atoms in total. The molecule has 1 aromatic heterocycles. The van der Waals surface area contributed by atoms with Gasteiger partial charge in [-0.3, -0.25) is 4.79 Å². The zero-order chi connectivity index (χ0) is 21.6. The van der Waals surface area contributed by atoms with Gasteiger partial charge in [-0.1, -0.05) is 54.1 Å². The SMILES string of the molecule is COc1ccc(CC(=O)N[C@@H](c2ccc(Cl)cc2)c2nnc(-c3ccccc3)o2)cc1. The number of hydrogen-bond donors (Lipinski definition) is 1. The highest BCUT2D eigenvalue weighted by Crippen LogP contribution is 2.26. The van der Waals surface area contributed by atoms with Crippen LogP contribution in [0.15, 0.2) is 83.3 Å². The molecule has 0 aliphatic rings. The van der Waals surface area contributed by atoms with Crippen molar-refractivity contribution >= 4 is 17.5 Å². The van der Waals surface area contributed by atoms with Crippen LogP contribution in [0.2, 0.25) is 5.02 Å². The zero-order valence-corrected chi connectivity index (χ0v) is 17.5. The summed E-state index contributed by atoms with van der Waals surface area (Å²) in [5, 5.41) is 11.9. The Balaban J connectivity index is 1.58. The highest BCUT2D eigenvalue weighted by atomic mass is 35.5. The van der Waals surface area contributed by atoms with Gasteiger partial charge in [0.2, 0.25) is 17.7 Å². The summed E-state index contributed by atoms with van der Waals surface area (Å²) in [6.07, 6.45) is 0.202. The molecule has 0 bridgehead atoms. The van der Waals surface area contributed by atoms with Gasteiger partial charge in [-0.2, -0.15) is 0 Å². The summed E-state index contributed by atoms with van der Waals surface area (Å²) in [5.74, 6) is 1.25.